The Labute approximate surface area is 130 Å². The summed E-state index contributed by atoms with van der Waals surface area (Å²) in [5.74, 6) is 1.28. The predicted octanol–water partition coefficient (Wildman–Crippen LogP) is 4.25. The zero-order chi connectivity index (χ0) is 15.9. The fourth-order valence-corrected chi connectivity index (χ4v) is 2.23. The van der Waals surface area contributed by atoms with E-state index in [4.69, 9.17) is 4.74 Å². The molecule has 1 N–H and O–H groups in total. The van der Waals surface area contributed by atoms with Crippen molar-refractivity contribution in [1.29, 1.82) is 0 Å². The zero-order valence-corrected chi connectivity index (χ0v) is 12.8. The van der Waals surface area contributed by atoms with Gasteiger partial charge in [0.05, 0.1) is 0 Å². The van der Waals surface area contributed by atoms with Gasteiger partial charge in [-0.3, -0.25) is 4.79 Å². The Kier molecular flexibility index (Phi) is 5.53. The molecule has 116 valence electrons. The molecule has 22 heavy (non-hydrogen) atoms. The summed E-state index contributed by atoms with van der Waals surface area (Å²) in [4.78, 5) is 10.9. The standard InChI is InChI=1S/C18H20FNO2/c1-13(11-12-20-14(2)21)17-5-3-4-6-18(17)22-16-9-7-15(19)8-10-16/h3-10,13H,11-12H2,1-2H3,(H,20,21). The van der Waals surface area contributed by atoms with Gasteiger partial charge in [-0.25, -0.2) is 4.39 Å². The van der Waals surface area contributed by atoms with Crippen LogP contribution in [-0.4, -0.2) is 12.5 Å². The van der Waals surface area contributed by atoms with E-state index in [2.05, 4.69) is 12.2 Å². The van der Waals surface area contributed by atoms with Gasteiger partial charge in [0.2, 0.25) is 5.91 Å². The number of halogens is 1. The molecule has 0 saturated carbocycles. The lowest BCUT2D eigenvalue weighted by Gasteiger charge is -2.17. The van der Waals surface area contributed by atoms with Gasteiger partial charge in [-0.15, -0.1) is 0 Å². The molecule has 0 heterocycles. The van der Waals surface area contributed by atoms with Crippen LogP contribution in [0.15, 0.2) is 48.5 Å². The minimum absolute atomic E-state index is 0.0250. The Bertz CT molecular complexity index is 625. The molecule has 2 aromatic carbocycles. The molecule has 0 aliphatic carbocycles. The maximum absolute atomic E-state index is 12.9. The molecule has 0 bridgehead atoms. The smallest absolute Gasteiger partial charge is 0.216 e. The summed E-state index contributed by atoms with van der Waals surface area (Å²) in [6.45, 7) is 4.23. The number of ether oxygens (including phenoxy) is 1. The van der Waals surface area contributed by atoms with E-state index >= 15 is 0 Å². The molecule has 1 amide bonds. The topological polar surface area (TPSA) is 38.3 Å². The number of carbonyl (C=O) groups is 1. The highest BCUT2D eigenvalue weighted by Gasteiger charge is 2.12. The van der Waals surface area contributed by atoms with Gasteiger partial charge >= 0.3 is 0 Å². The summed E-state index contributed by atoms with van der Waals surface area (Å²) < 4.78 is 18.8. The first kappa shape index (κ1) is 16.0. The number of nitrogens with one attached hydrogen (secondary N) is 1. The highest BCUT2D eigenvalue weighted by molar-refractivity contribution is 5.72. The van der Waals surface area contributed by atoms with E-state index < -0.39 is 0 Å². The first-order valence-electron chi connectivity index (χ1n) is 7.33. The van der Waals surface area contributed by atoms with Gasteiger partial charge in [-0.1, -0.05) is 25.1 Å². The molecule has 0 aliphatic rings. The monoisotopic (exact) mass is 301 g/mol. The number of rotatable bonds is 6. The van der Waals surface area contributed by atoms with Gasteiger partial charge in [0.15, 0.2) is 0 Å². The zero-order valence-electron chi connectivity index (χ0n) is 12.8. The molecular weight excluding hydrogens is 281 g/mol. The number of carbonyl (C=O) groups excluding carboxylic acids is 1. The molecule has 0 aliphatic heterocycles. The molecule has 3 nitrogen and oxygen atoms in total. The Hall–Kier alpha value is -2.36. The van der Waals surface area contributed by atoms with Crippen LogP contribution in [0.5, 0.6) is 11.5 Å². The van der Waals surface area contributed by atoms with Crippen molar-refractivity contribution in [2.75, 3.05) is 6.54 Å². The van der Waals surface area contributed by atoms with E-state index in [1.165, 1.54) is 19.1 Å². The van der Waals surface area contributed by atoms with Crippen molar-refractivity contribution in [3.63, 3.8) is 0 Å². The molecule has 1 unspecified atom stereocenters. The molecular formula is C18H20FNO2. The Morgan fingerprint density at radius 1 is 1.18 bits per heavy atom. The number of para-hydroxylation sites is 1. The van der Waals surface area contributed by atoms with Crippen molar-refractivity contribution in [2.24, 2.45) is 0 Å². The lowest BCUT2D eigenvalue weighted by Crippen LogP contribution is -2.22. The van der Waals surface area contributed by atoms with Crippen molar-refractivity contribution in [3.8, 4) is 11.5 Å². The predicted molar refractivity (Wildman–Crippen MR) is 84.6 cm³/mol. The van der Waals surface area contributed by atoms with E-state index in [0.29, 0.717) is 12.3 Å². The average molecular weight is 301 g/mol. The van der Waals surface area contributed by atoms with E-state index in [-0.39, 0.29) is 17.6 Å². The molecule has 4 heteroatoms. The third-order valence-corrected chi connectivity index (χ3v) is 3.44. The van der Waals surface area contributed by atoms with Crippen LogP contribution in [0.3, 0.4) is 0 Å². The van der Waals surface area contributed by atoms with Crippen molar-refractivity contribution >= 4 is 5.91 Å². The summed E-state index contributed by atoms with van der Waals surface area (Å²) in [7, 11) is 0. The summed E-state index contributed by atoms with van der Waals surface area (Å²) in [5.41, 5.74) is 1.07. The van der Waals surface area contributed by atoms with Crippen molar-refractivity contribution in [2.45, 2.75) is 26.2 Å². The lowest BCUT2D eigenvalue weighted by molar-refractivity contribution is -0.118. The van der Waals surface area contributed by atoms with Gasteiger partial charge in [0, 0.05) is 13.5 Å². The third kappa shape index (κ3) is 4.58. The van der Waals surface area contributed by atoms with E-state index in [1.807, 2.05) is 24.3 Å². The normalized spacial score (nSPS) is 11.8. The van der Waals surface area contributed by atoms with Crippen LogP contribution < -0.4 is 10.1 Å². The van der Waals surface area contributed by atoms with Gasteiger partial charge < -0.3 is 10.1 Å². The Morgan fingerprint density at radius 3 is 2.55 bits per heavy atom. The summed E-state index contributed by atoms with van der Waals surface area (Å²) >= 11 is 0. The fourth-order valence-electron chi connectivity index (χ4n) is 2.23. The van der Waals surface area contributed by atoms with E-state index in [9.17, 15) is 9.18 Å². The number of benzene rings is 2. The molecule has 0 saturated heterocycles. The molecule has 1 atom stereocenters. The van der Waals surface area contributed by atoms with Crippen LogP contribution in [0.2, 0.25) is 0 Å². The van der Waals surface area contributed by atoms with Crippen LogP contribution in [0.1, 0.15) is 31.7 Å². The molecule has 2 rings (SSSR count). The maximum atomic E-state index is 12.9. The highest BCUT2D eigenvalue weighted by atomic mass is 19.1. The van der Waals surface area contributed by atoms with Gasteiger partial charge in [0.25, 0.3) is 0 Å². The van der Waals surface area contributed by atoms with E-state index in [0.717, 1.165) is 17.7 Å². The molecule has 0 spiro atoms. The second-order valence-electron chi connectivity index (χ2n) is 5.27. The van der Waals surface area contributed by atoms with Gasteiger partial charge in [-0.2, -0.15) is 0 Å². The number of hydrogen-bond donors (Lipinski definition) is 1. The summed E-state index contributed by atoms with van der Waals surface area (Å²) in [6, 6.07) is 13.7. The second-order valence-corrected chi connectivity index (χ2v) is 5.27. The van der Waals surface area contributed by atoms with Crippen LogP contribution in [0.25, 0.3) is 0 Å². The maximum Gasteiger partial charge on any atom is 0.216 e. The number of hydrogen-bond acceptors (Lipinski definition) is 2. The van der Waals surface area contributed by atoms with Crippen molar-refractivity contribution < 1.29 is 13.9 Å². The van der Waals surface area contributed by atoms with Crippen LogP contribution in [0.4, 0.5) is 4.39 Å². The summed E-state index contributed by atoms with van der Waals surface area (Å²) in [5, 5.41) is 2.80. The second kappa shape index (κ2) is 7.59. The molecule has 0 fully saturated rings. The minimum Gasteiger partial charge on any atom is -0.457 e. The fraction of sp³-hybridized carbons (Fsp3) is 0.278. The van der Waals surface area contributed by atoms with Crippen molar-refractivity contribution in [3.05, 3.63) is 59.9 Å². The molecule has 0 aromatic heterocycles. The number of amides is 1. The quantitative estimate of drug-likeness (QED) is 0.866. The lowest BCUT2D eigenvalue weighted by atomic mass is 9.97. The largest absolute Gasteiger partial charge is 0.457 e. The average Bonchev–Trinajstić information content (AvgIpc) is 2.49. The Morgan fingerprint density at radius 2 is 1.86 bits per heavy atom. The van der Waals surface area contributed by atoms with Crippen LogP contribution >= 0.6 is 0 Å². The minimum atomic E-state index is -0.288. The van der Waals surface area contributed by atoms with E-state index in [1.54, 1.807) is 12.1 Å². The van der Waals surface area contributed by atoms with Crippen LogP contribution in [0, 0.1) is 5.82 Å². The molecule has 0 radical (unpaired) electrons. The first-order chi connectivity index (χ1) is 10.6. The SMILES string of the molecule is CC(=O)NCCC(C)c1ccccc1Oc1ccc(F)cc1. The van der Waals surface area contributed by atoms with Crippen molar-refractivity contribution in [1.82, 2.24) is 5.32 Å². The van der Waals surface area contributed by atoms with Crippen LogP contribution in [-0.2, 0) is 4.79 Å². The first-order valence-corrected chi connectivity index (χ1v) is 7.33. The third-order valence-electron chi connectivity index (χ3n) is 3.44. The van der Waals surface area contributed by atoms with Gasteiger partial charge in [0.1, 0.15) is 17.3 Å². The Balaban J connectivity index is 2.08. The summed E-state index contributed by atoms with van der Waals surface area (Å²) in [6.07, 6.45) is 0.823. The highest BCUT2D eigenvalue weighted by Crippen LogP contribution is 2.31. The van der Waals surface area contributed by atoms with Gasteiger partial charge in [-0.05, 0) is 48.2 Å². The molecule has 2 aromatic rings.